The highest BCUT2D eigenvalue weighted by Gasteiger charge is 2.07. The van der Waals surface area contributed by atoms with Crippen molar-refractivity contribution in [2.75, 3.05) is 0 Å². The van der Waals surface area contributed by atoms with Gasteiger partial charge in [-0.05, 0) is 19.1 Å². The topological polar surface area (TPSA) is 60.4 Å². The van der Waals surface area contributed by atoms with Crippen LogP contribution in [-0.2, 0) is 0 Å². The lowest BCUT2D eigenvalue weighted by atomic mass is 10.2. The first-order chi connectivity index (χ1) is 6.20. The van der Waals surface area contributed by atoms with E-state index >= 15 is 0 Å². The Labute approximate surface area is 75.0 Å². The first kappa shape index (κ1) is 7.79. The lowest BCUT2D eigenvalue weighted by molar-refractivity contribution is 0.0999. The molecule has 0 bridgehead atoms. The zero-order valence-electron chi connectivity index (χ0n) is 7.19. The number of aromatic nitrogens is 2. The summed E-state index contributed by atoms with van der Waals surface area (Å²) >= 11 is 0. The molecule has 0 saturated carbocycles. The van der Waals surface area contributed by atoms with Gasteiger partial charge in [0.2, 0.25) is 5.91 Å². The lowest BCUT2D eigenvalue weighted by Gasteiger charge is -2.03. The van der Waals surface area contributed by atoms with Crippen LogP contribution in [0.4, 0.5) is 0 Å². The second kappa shape index (κ2) is 2.58. The first-order valence-electron chi connectivity index (χ1n) is 3.91. The number of imidazole rings is 1. The molecule has 0 radical (unpaired) electrons. The highest BCUT2D eigenvalue weighted by atomic mass is 16.1. The van der Waals surface area contributed by atoms with E-state index in [2.05, 4.69) is 4.98 Å². The van der Waals surface area contributed by atoms with Crippen molar-refractivity contribution in [1.29, 1.82) is 0 Å². The number of amides is 1. The van der Waals surface area contributed by atoms with Crippen molar-refractivity contribution in [2.24, 2.45) is 5.73 Å². The minimum atomic E-state index is -0.409. The SMILES string of the molecule is Cc1c(C(N)=O)ccc2cncn12. The zero-order chi connectivity index (χ0) is 9.42. The van der Waals surface area contributed by atoms with Crippen molar-refractivity contribution in [3.8, 4) is 0 Å². The fraction of sp³-hybridized carbons (Fsp3) is 0.111. The van der Waals surface area contributed by atoms with Crippen LogP contribution in [0.25, 0.3) is 5.52 Å². The number of hydrogen-bond donors (Lipinski definition) is 1. The molecule has 0 unspecified atom stereocenters. The molecule has 1 amide bonds. The van der Waals surface area contributed by atoms with Gasteiger partial charge in [-0.25, -0.2) is 4.98 Å². The van der Waals surface area contributed by atoms with Crippen LogP contribution in [0.3, 0.4) is 0 Å². The van der Waals surface area contributed by atoms with Crippen LogP contribution in [0.5, 0.6) is 0 Å². The summed E-state index contributed by atoms with van der Waals surface area (Å²) in [6.45, 7) is 1.84. The summed E-state index contributed by atoms with van der Waals surface area (Å²) in [4.78, 5) is 14.9. The van der Waals surface area contributed by atoms with Crippen LogP contribution in [0, 0.1) is 6.92 Å². The molecule has 0 aliphatic rings. The number of pyridine rings is 1. The predicted octanol–water partition coefficient (Wildman–Crippen LogP) is 0.742. The normalized spacial score (nSPS) is 10.5. The number of carbonyl (C=O) groups is 1. The Balaban J connectivity index is 2.80. The molecular formula is C9H9N3O. The van der Waals surface area contributed by atoms with Crippen molar-refractivity contribution in [2.45, 2.75) is 6.92 Å². The van der Waals surface area contributed by atoms with E-state index < -0.39 is 5.91 Å². The Morgan fingerprint density at radius 1 is 1.54 bits per heavy atom. The smallest absolute Gasteiger partial charge is 0.250 e. The van der Waals surface area contributed by atoms with Crippen LogP contribution < -0.4 is 5.73 Å². The molecule has 0 aliphatic heterocycles. The van der Waals surface area contributed by atoms with Gasteiger partial charge in [0.15, 0.2) is 0 Å². The van der Waals surface area contributed by atoms with Crippen molar-refractivity contribution >= 4 is 11.4 Å². The van der Waals surface area contributed by atoms with E-state index in [9.17, 15) is 4.79 Å². The molecule has 4 heteroatoms. The van der Waals surface area contributed by atoms with Gasteiger partial charge in [-0.15, -0.1) is 0 Å². The maximum Gasteiger partial charge on any atom is 0.250 e. The molecule has 0 fully saturated rings. The van der Waals surface area contributed by atoms with E-state index in [4.69, 9.17) is 5.73 Å². The molecule has 0 spiro atoms. The summed E-state index contributed by atoms with van der Waals surface area (Å²) in [6, 6.07) is 3.54. The maximum absolute atomic E-state index is 11.0. The third-order valence-corrected chi connectivity index (χ3v) is 2.10. The maximum atomic E-state index is 11.0. The number of nitrogens with zero attached hydrogens (tertiary/aromatic N) is 2. The molecule has 4 nitrogen and oxygen atoms in total. The highest BCUT2D eigenvalue weighted by molar-refractivity contribution is 5.94. The van der Waals surface area contributed by atoms with Crippen molar-refractivity contribution in [3.63, 3.8) is 0 Å². The second-order valence-electron chi connectivity index (χ2n) is 2.89. The molecule has 2 heterocycles. The number of aryl methyl sites for hydroxylation is 1. The van der Waals surface area contributed by atoms with E-state index in [0.29, 0.717) is 5.56 Å². The minimum Gasteiger partial charge on any atom is -0.366 e. The molecule has 2 N–H and O–H groups in total. The van der Waals surface area contributed by atoms with E-state index in [1.807, 2.05) is 17.4 Å². The molecule has 66 valence electrons. The van der Waals surface area contributed by atoms with Crippen LogP contribution in [0.2, 0.25) is 0 Å². The van der Waals surface area contributed by atoms with E-state index in [0.717, 1.165) is 11.2 Å². The molecule has 0 aromatic carbocycles. The van der Waals surface area contributed by atoms with Crippen molar-refractivity contribution < 1.29 is 4.79 Å². The highest BCUT2D eigenvalue weighted by Crippen LogP contribution is 2.11. The van der Waals surface area contributed by atoms with Gasteiger partial charge < -0.3 is 10.1 Å². The number of primary amides is 1. The fourth-order valence-electron chi connectivity index (χ4n) is 1.39. The number of nitrogens with two attached hydrogens (primary N) is 1. The van der Waals surface area contributed by atoms with Gasteiger partial charge in [0, 0.05) is 5.69 Å². The standard InChI is InChI=1S/C9H9N3O/c1-6-8(9(10)13)3-2-7-4-11-5-12(6)7/h2-5H,1H3,(H2,10,13). The summed E-state index contributed by atoms with van der Waals surface area (Å²) in [5, 5.41) is 0. The average molecular weight is 175 g/mol. The summed E-state index contributed by atoms with van der Waals surface area (Å²) in [5.41, 5.74) is 7.52. The predicted molar refractivity (Wildman–Crippen MR) is 48.4 cm³/mol. The molecule has 2 aromatic heterocycles. The third kappa shape index (κ3) is 1.07. The molecule has 0 saturated heterocycles. The second-order valence-corrected chi connectivity index (χ2v) is 2.89. The fourth-order valence-corrected chi connectivity index (χ4v) is 1.39. The molecular weight excluding hydrogens is 166 g/mol. The molecule has 2 rings (SSSR count). The monoisotopic (exact) mass is 175 g/mol. The summed E-state index contributed by atoms with van der Waals surface area (Å²) in [6.07, 6.45) is 3.40. The number of hydrogen-bond acceptors (Lipinski definition) is 2. The van der Waals surface area contributed by atoms with Gasteiger partial charge in [-0.1, -0.05) is 0 Å². The Morgan fingerprint density at radius 3 is 3.00 bits per heavy atom. The van der Waals surface area contributed by atoms with Crippen LogP contribution >= 0.6 is 0 Å². The summed E-state index contributed by atoms with van der Waals surface area (Å²) in [7, 11) is 0. The zero-order valence-corrected chi connectivity index (χ0v) is 7.19. The van der Waals surface area contributed by atoms with Crippen LogP contribution in [0.15, 0.2) is 24.7 Å². The molecule has 13 heavy (non-hydrogen) atoms. The first-order valence-corrected chi connectivity index (χ1v) is 3.91. The average Bonchev–Trinajstić information content (AvgIpc) is 2.52. The quantitative estimate of drug-likeness (QED) is 0.694. The largest absolute Gasteiger partial charge is 0.366 e. The Kier molecular flexibility index (Phi) is 1.55. The summed E-state index contributed by atoms with van der Waals surface area (Å²) < 4.78 is 1.83. The van der Waals surface area contributed by atoms with E-state index in [1.54, 1.807) is 18.6 Å². The minimum absolute atomic E-state index is 0.409. The van der Waals surface area contributed by atoms with Gasteiger partial charge in [-0.3, -0.25) is 4.79 Å². The summed E-state index contributed by atoms with van der Waals surface area (Å²) in [5.74, 6) is -0.409. The number of rotatable bonds is 1. The van der Waals surface area contributed by atoms with Crippen LogP contribution in [0.1, 0.15) is 16.1 Å². The van der Waals surface area contributed by atoms with Gasteiger partial charge in [0.25, 0.3) is 0 Å². The molecule has 0 atom stereocenters. The Bertz CT molecular complexity index is 473. The van der Waals surface area contributed by atoms with Gasteiger partial charge in [0.05, 0.1) is 23.6 Å². The third-order valence-electron chi connectivity index (χ3n) is 2.10. The van der Waals surface area contributed by atoms with Gasteiger partial charge in [-0.2, -0.15) is 0 Å². The molecule has 2 aromatic rings. The van der Waals surface area contributed by atoms with Crippen LogP contribution in [-0.4, -0.2) is 15.3 Å². The Hall–Kier alpha value is -1.84. The van der Waals surface area contributed by atoms with Gasteiger partial charge in [0.1, 0.15) is 0 Å². The van der Waals surface area contributed by atoms with Crippen molar-refractivity contribution in [3.05, 3.63) is 35.9 Å². The van der Waals surface area contributed by atoms with E-state index in [1.165, 1.54) is 0 Å². The number of carbonyl (C=O) groups excluding carboxylic acids is 1. The van der Waals surface area contributed by atoms with Crippen molar-refractivity contribution in [1.82, 2.24) is 9.38 Å². The number of fused-ring (bicyclic) bond motifs is 1. The van der Waals surface area contributed by atoms with Gasteiger partial charge >= 0.3 is 0 Å². The Morgan fingerprint density at radius 2 is 2.31 bits per heavy atom. The lowest BCUT2D eigenvalue weighted by Crippen LogP contribution is -2.14. The molecule has 0 aliphatic carbocycles. The van der Waals surface area contributed by atoms with E-state index in [-0.39, 0.29) is 0 Å².